The number of aromatic nitrogens is 2. The van der Waals surface area contributed by atoms with Crippen LogP contribution < -0.4 is 10.5 Å². The van der Waals surface area contributed by atoms with Crippen molar-refractivity contribution >= 4 is 15.9 Å². The topological polar surface area (TPSA) is 115 Å². The number of alkyl halides is 3. The summed E-state index contributed by atoms with van der Waals surface area (Å²) in [6, 6.07) is 3.90. The van der Waals surface area contributed by atoms with Crippen molar-refractivity contribution in [2.75, 3.05) is 6.54 Å². The fourth-order valence-corrected chi connectivity index (χ4v) is 3.97. The van der Waals surface area contributed by atoms with E-state index in [0.717, 1.165) is 28.6 Å². The zero-order valence-electron chi connectivity index (χ0n) is 13.6. The van der Waals surface area contributed by atoms with Crippen LogP contribution >= 0.6 is 0 Å². The van der Waals surface area contributed by atoms with Crippen LogP contribution in [-0.4, -0.2) is 41.5 Å². The van der Waals surface area contributed by atoms with Gasteiger partial charge in [0.15, 0.2) is 0 Å². The van der Waals surface area contributed by atoms with Crippen molar-refractivity contribution in [2.45, 2.75) is 24.2 Å². The lowest BCUT2D eigenvalue weighted by Crippen LogP contribution is -2.37. The number of sulfonamides is 1. The Labute approximate surface area is 151 Å². The molecule has 3 rings (SSSR count). The van der Waals surface area contributed by atoms with Gasteiger partial charge in [-0.3, -0.25) is 4.79 Å². The average molecular weight is 402 g/mol. The summed E-state index contributed by atoms with van der Waals surface area (Å²) in [7, 11) is -3.98. The number of carbonyl (C=O) groups excluding carboxylic acids is 1. The van der Waals surface area contributed by atoms with E-state index < -0.39 is 28.0 Å². The van der Waals surface area contributed by atoms with E-state index in [1.807, 2.05) is 0 Å². The van der Waals surface area contributed by atoms with Crippen molar-refractivity contribution in [2.24, 2.45) is 5.73 Å². The van der Waals surface area contributed by atoms with E-state index in [1.165, 1.54) is 6.20 Å². The van der Waals surface area contributed by atoms with Crippen molar-refractivity contribution < 1.29 is 31.1 Å². The van der Waals surface area contributed by atoms with Crippen LogP contribution in [0.4, 0.5) is 13.2 Å². The number of nitrogens with zero attached hydrogens (tertiary/aromatic N) is 3. The number of primary amides is 1. The molecule has 2 aromatic rings. The second-order valence-corrected chi connectivity index (χ2v) is 7.58. The third kappa shape index (κ3) is 4.17. The zero-order chi connectivity index (χ0) is 19.8. The molecule has 1 aliphatic heterocycles. The quantitative estimate of drug-likeness (QED) is 0.822. The Hall–Kier alpha value is -2.73. The average Bonchev–Trinajstić information content (AvgIpc) is 2.59. The zero-order valence-corrected chi connectivity index (χ0v) is 14.4. The Balaban J connectivity index is 1.83. The molecule has 1 aromatic heterocycles. The van der Waals surface area contributed by atoms with E-state index in [9.17, 15) is 26.4 Å². The molecule has 0 radical (unpaired) electrons. The van der Waals surface area contributed by atoms with Crippen molar-refractivity contribution in [3.63, 3.8) is 0 Å². The minimum absolute atomic E-state index is 0.110. The number of nitrogens with two attached hydrogens (primary N) is 1. The molecule has 0 bridgehead atoms. The van der Waals surface area contributed by atoms with Crippen LogP contribution in [0.5, 0.6) is 5.75 Å². The smallest absolute Gasteiger partial charge is 0.406 e. The van der Waals surface area contributed by atoms with Gasteiger partial charge in [-0.15, -0.1) is 13.2 Å². The fourth-order valence-electron chi connectivity index (χ4n) is 2.57. The summed E-state index contributed by atoms with van der Waals surface area (Å²) in [5.41, 5.74) is 6.18. The van der Waals surface area contributed by atoms with E-state index in [1.54, 1.807) is 0 Å². The summed E-state index contributed by atoms with van der Waals surface area (Å²) in [6.45, 7) is 0.0245. The lowest BCUT2D eigenvalue weighted by Gasteiger charge is -2.27. The Morgan fingerprint density at radius 1 is 1.22 bits per heavy atom. The van der Waals surface area contributed by atoms with Crippen LogP contribution in [0, 0.1) is 0 Å². The molecule has 0 saturated carbocycles. The van der Waals surface area contributed by atoms with Gasteiger partial charge < -0.3 is 10.5 Å². The van der Waals surface area contributed by atoms with Crippen molar-refractivity contribution in [1.29, 1.82) is 0 Å². The van der Waals surface area contributed by atoms with Gasteiger partial charge >= 0.3 is 6.36 Å². The van der Waals surface area contributed by atoms with Gasteiger partial charge in [-0.25, -0.2) is 18.4 Å². The normalized spacial score (nSPS) is 15.2. The lowest BCUT2D eigenvalue weighted by atomic mass is 10.1. The van der Waals surface area contributed by atoms with E-state index in [4.69, 9.17) is 5.73 Å². The maximum Gasteiger partial charge on any atom is 0.573 e. The van der Waals surface area contributed by atoms with Crippen LogP contribution in [0.3, 0.4) is 0 Å². The van der Waals surface area contributed by atoms with Gasteiger partial charge in [0, 0.05) is 12.7 Å². The molecule has 1 aliphatic rings. The van der Waals surface area contributed by atoms with Gasteiger partial charge in [0.2, 0.25) is 15.8 Å². The van der Waals surface area contributed by atoms with Crippen LogP contribution in [-0.2, 0) is 23.0 Å². The number of halogens is 3. The van der Waals surface area contributed by atoms with Crippen LogP contribution in [0.2, 0.25) is 0 Å². The van der Waals surface area contributed by atoms with Gasteiger partial charge in [0.25, 0.3) is 5.91 Å². The predicted octanol–water partition coefficient (Wildman–Crippen LogP) is 1.22. The predicted molar refractivity (Wildman–Crippen MR) is 85.0 cm³/mol. The first-order valence-corrected chi connectivity index (χ1v) is 9.01. The summed E-state index contributed by atoms with van der Waals surface area (Å²) >= 11 is 0. The molecule has 1 amide bonds. The minimum Gasteiger partial charge on any atom is -0.406 e. The molecule has 12 heteroatoms. The molecule has 0 unspecified atom stereocenters. The molecule has 1 aromatic carbocycles. The van der Waals surface area contributed by atoms with E-state index >= 15 is 0 Å². The van der Waals surface area contributed by atoms with Crippen molar-refractivity contribution in [3.05, 3.63) is 47.5 Å². The third-order valence-corrected chi connectivity index (χ3v) is 5.69. The third-order valence-electron chi connectivity index (χ3n) is 3.83. The summed E-state index contributed by atoms with van der Waals surface area (Å²) in [6.07, 6.45) is -3.12. The molecule has 0 spiro atoms. The molecule has 0 aliphatic carbocycles. The molecule has 0 fully saturated rings. The molecule has 27 heavy (non-hydrogen) atoms. The summed E-state index contributed by atoms with van der Waals surface area (Å²) in [4.78, 5) is 18.8. The highest BCUT2D eigenvalue weighted by atomic mass is 32.2. The molecule has 2 heterocycles. The first kappa shape index (κ1) is 19.0. The highest BCUT2D eigenvalue weighted by Crippen LogP contribution is 2.27. The molecule has 2 N–H and O–H groups in total. The standard InChI is InChI=1S/C15H13F3N4O4S/c16-15(17,18)26-10-1-3-11(4-2-10)27(24,25)22-6-5-9-7-20-14(13(19)23)21-12(9)8-22/h1-4,7H,5-6,8H2,(H2,19,23). The number of carbonyl (C=O) groups is 1. The highest BCUT2D eigenvalue weighted by molar-refractivity contribution is 7.89. The number of benzene rings is 1. The summed E-state index contributed by atoms with van der Waals surface area (Å²) < 4.78 is 66.9. The van der Waals surface area contributed by atoms with Gasteiger partial charge in [0.05, 0.1) is 17.1 Å². The SMILES string of the molecule is NC(=O)c1ncc2c(n1)CN(S(=O)(=O)c1ccc(OC(F)(F)F)cc1)CC2. The highest BCUT2D eigenvalue weighted by Gasteiger charge is 2.32. The van der Waals surface area contributed by atoms with E-state index in [0.29, 0.717) is 17.7 Å². The van der Waals surface area contributed by atoms with Gasteiger partial charge in [0.1, 0.15) is 5.75 Å². The monoisotopic (exact) mass is 402 g/mol. The second kappa shape index (κ2) is 6.78. The fraction of sp³-hybridized carbons (Fsp3) is 0.267. The van der Waals surface area contributed by atoms with Gasteiger partial charge in [-0.2, -0.15) is 4.31 Å². The summed E-state index contributed by atoms with van der Waals surface area (Å²) in [5.74, 6) is -1.58. The van der Waals surface area contributed by atoms with E-state index in [-0.39, 0.29) is 23.8 Å². The lowest BCUT2D eigenvalue weighted by molar-refractivity contribution is -0.274. The van der Waals surface area contributed by atoms with Gasteiger partial charge in [-0.1, -0.05) is 0 Å². The Morgan fingerprint density at radius 2 is 1.89 bits per heavy atom. The Kier molecular flexibility index (Phi) is 4.78. The maximum absolute atomic E-state index is 12.7. The summed E-state index contributed by atoms with van der Waals surface area (Å²) in [5, 5.41) is 0. The number of fused-ring (bicyclic) bond motifs is 1. The Bertz CT molecular complexity index is 978. The molecule has 144 valence electrons. The molecular weight excluding hydrogens is 389 g/mol. The number of rotatable bonds is 4. The molecule has 0 atom stereocenters. The molecular formula is C15H13F3N4O4S. The number of ether oxygens (including phenoxy) is 1. The van der Waals surface area contributed by atoms with Crippen LogP contribution in [0.1, 0.15) is 21.9 Å². The first-order valence-electron chi connectivity index (χ1n) is 7.57. The number of amides is 1. The van der Waals surface area contributed by atoms with Gasteiger partial charge in [-0.05, 0) is 36.2 Å². The maximum atomic E-state index is 12.7. The van der Waals surface area contributed by atoms with E-state index in [2.05, 4.69) is 14.7 Å². The Morgan fingerprint density at radius 3 is 2.48 bits per heavy atom. The molecule has 8 nitrogen and oxygen atoms in total. The van der Waals surface area contributed by atoms with Crippen LogP contribution in [0.25, 0.3) is 0 Å². The number of hydrogen-bond acceptors (Lipinski definition) is 6. The van der Waals surface area contributed by atoms with Crippen molar-refractivity contribution in [3.8, 4) is 5.75 Å². The first-order chi connectivity index (χ1) is 12.6. The largest absolute Gasteiger partial charge is 0.573 e. The molecule has 0 saturated heterocycles. The number of hydrogen-bond donors (Lipinski definition) is 1. The van der Waals surface area contributed by atoms with Crippen LogP contribution in [0.15, 0.2) is 35.4 Å². The minimum atomic E-state index is -4.87. The second-order valence-electron chi connectivity index (χ2n) is 5.64. The van der Waals surface area contributed by atoms with Crippen molar-refractivity contribution in [1.82, 2.24) is 14.3 Å².